The van der Waals surface area contributed by atoms with E-state index in [-0.39, 0.29) is 11.3 Å². The van der Waals surface area contributed by atoms with Crippen molar-refractivity contribution in [2.24, 2.45) is 0 Å². The minimum absolute atomic E-state index is 0.0395. The standard InChI is InChI=1S/C22H21F2N3O3S/c1-14-3-2-4-18(9-14)31(29,30)27-21-12-17(7-6-16(21)13-25-27)26-22(28)11-15-5-8-19(23)20(24)10-15/h2-10,12,22,25-26,28H,11,13H2,1H3. The molecule has 0 aliphatic carbocycles. The number of hydrogen-bond acceptors (Lipinski definition) is 5. The quantitative estimate of drug-likeness (QED) is 0.507. The average molecular weight is 445 g/mol. The minimum Gasteiger partial charge on any atom is -0.373 e. The van der Waals surface area contributed by atoms with E-state index < -0.39 is 27.9 Å². The summed E-state index contributed by atoms with van der Waals surface area (Å²) >= 11 is 0. The molecule has 162 valence electrons. The maximum atomic E-state index is 13.4. The van der Waals surface area contributed by atoms with Gasteiger partial charge in [0.1, 0.15) is 6.23 Å². The number of hydrazine groups is 1. The van der Waals surface area contributed by atoms with E-state index >= 15 is 0 Å². The Bertz CT molecular complexity index is 1230. The molecule has 1 unspecified atom stereocenters. The van der Waals surface area contributed by atoms with Gasteiger partial charge in [-0.3, -0.25) is 0 Å². The van der Waals surface area contributed by atoms with Gasteiger partial charge in [0, 0.05) is 18.7 Å². The summed E-state index contributed by atoms with van der Waals surface area (Å²) in [6, 6.07) is 15.2. The van der Waals surface area contributed by atoms with Gasteiger partial charge in [0.15, 0.2) is 11.6 Å². The lowest BCUT2D eigenvalue weighted by Gasteiger charge is -2.21. The second kappa shape index (κ2) is 8.26. The van der Waals surface area contributed by atoms with Crippen LogP contribution >= 0.6 is 0 Å². The van der Waals surface area contributed by atoms with Crippen LogP contribution in [0.2, 0.25) is 0 Å². The van der Waals surface area contributed by atoms with Crippen molar-refractivity contribution in [2.75, 3.05) is 9.73 Å². The highest BCUT2D eigenvalue weighted by Crippen LogP contribution is 2.33. The molecule has 3 N–H and O–H groups in total. The average Bonchev–Trinajstić information content (AvgIpc) is 3.15. The van der Waals surface area contributed by atoms with Crippen LogP contribution in [0.25, 0.3) is 0 Å². The maximum Gasteiger partial charge on any atom is 0.277 e. The van der Waals surface area contributed by atoms with Crippen molar-refractivity contribution in [1.82, 2.24) is 5.43 Å². The molecule has 1 atom stereocenters. The number of aryl methyl sites for hydroxylation is 1. The van der Waals surface area contributed by atoms with Crippen molar-refractivity contribution >= 4 is 21.4 Å². The zero-order valence-corrected chi connectivity index (χ0v) is 17.5. The molecular formula is C22H21F2N3O3S. The summed E-state index contributed by atoms with van der Waals surface area (Å²) in [5.74, 6) is -1.93. The number of halogens is 2. The number of aliphatic hydroxyl groups is 1. The molecule has 0 fully saturated rings. The van der Waals surface area contributed by atoms with Gasteiger partial charge in [0.2, 0.25) is 0 Å². The Balaban J connectivity index is 1.54. The molecule has 0 bridgehead atoms. The number of aliphatic hydroxyl groups excluding tert-OH is 1. The van der Waals surface area contributed by atoms with Crippen molar-refractivity contribution in [1.29, 1.82) is 0 Å². The Labute approximate surface area is 179 Å². The zero-order valence-electron chi connectivity index (χ0n) is 16.6. The fourth-order valence-electron chi connectivity index (χ4n) is 3.46. The molecule has 0 amide bonds. The van der Waals surface area contributed by atoms with Crippen LogP contribution < -0.4 is 15.2 Å². The summed E-state index contributed by atoms with van der Waals surface area (Å²) in [5, 5.41) is 13.2. The summed E-state index contributed by atoms with van der Waals surface area (Å²) < 4.78 is 53.8. The van der Waals surface area contributed by atoms with Gasteiger partial charge in [0.25, 0.3) is 10.0 Å². The largest absolute Gasteiger partial charge is 0.373 e. The molecule has 1 aliphatic heterocycles. The van der Waals surface area contributed by atoms with Gasteiger partial charge in [-0.05, 0) is 60.0 Å². The van der Waals surface area contributed by atoms with Crippen LogP contribution in [0.3, 0.4) is 0 Å². The smallest absolute Gasteiger partial charge is 0.277 e. The summed E-state index contributed by atoms with van der Waals surface area (Å²) in [6.07, 6.45) is -1.04. The Kier molecular flexibility index (Phi) is 5.65. The molecule has 0 spiro atoms. The molecule has 0 radical (unpaired) electrons. The zero-order chi connectivity index (χ0) is 22.2. The van der Waals surface area contributed by atoms with E-state index in [1.165, 1.54) is 12.1 Å². The summed E-state index contributed by atoms with van der Waals surface area (Å²) in [4.78, 5) is 0.171. The number of nitrogens with one attached hydrogen (secondary N) is 2. The van der Waals surface area contributed by atoms with E-state index in [0.29, 0.717) is 23.5 Å². The number of hydrogen-bond donors (Lipinski definition) is 3. The minimum atomic E-state index is -3.82. The van der Waals surface area contributed by atoms with Crippen LogP contribution in [0, 0.1) is 18.6 Å². The third-order valence-corrected chi connectivity index (χ3v) is 6.65. The first-order valence-corrected chi connectivity index (χ1v) is 11.0. The Hall–Kier alpha value is -3.01. The fourth-order valence-corrected chi connectivity index (χ4v) is 4.92. The summed E-state index contributed by atoms with van der Waals surface area (Å²) in [5.41, 5.74) is 5.87. The number of fused-ring (bicyclic) bond motifs is 1. The maximum absolute atomic E-state index is 13.4. The molecule has 31 heavy (non-hydrogen) atoms. The Morgan fingerprint density at radius 1 is 1.10 bits per heavy atom. The van der Waals surface area contributed by atoms with Crippen molar-refractivity contribution in [3.05, 3.63) is 89.0 Å². The second-order valence-electron chi connectivity index (χ2n) is 7.38. The van der Waals surface area contributed by atoms with Gasteiger partial charge in [0.05, 0.1) is 10.6 Å². The first-order chi connectivity index (χ1) is 14.7. The third-order valence-electron chi connectivity index (χ3n) is 4.99. The summed E-state index contributed by atoms with van der Waals surface area (Å²) in [6.45, 7) is 2.17. The lowest BCUT2D eigenvalue weighted by molar-refractivity contribution is 0.204. The topological polar surface area (TPSA) is 81.7 Å². The molecule has 4 rings (SSSR count). The molecule has 9 heteroatoms. The van der Waals surface area contributed by atoms with Crippen molar-refractivity contribution in [3.63, 3.8) is 0 Å². The van der Waals surface area contributed by atoms with E-state index in [2.05, 4.69) is 10.7 Å². The fraction of sp³-hybridized carbons (Fsp3) is 0.182. The van der Waals surface area contributed by atoms with Crippen molar-refractivity contribution < 1.29 is 22.3 Å². The molecular weight excluding hydrogens is 424 g/mol. The number of rotatable bonds is 6. The van der Waals surface area contributed by atoms with Gasteiger partial charge in [-0.25, -0.2) is 14.2 Å². The molecule has 1 aliphatic rings. The number of anilines is 2. The SMILES string of the molecule is Cc1cccc(S(=O)(=O)N2NCc3ccc(NC(O)Cc4ccc(F)c(F)c4)cc32)c1. The first-order valence-electron chi connectivity index (χ1n) is 9.61. The molecule has 0 saturated carbocycles. The van der Waals surface area contributed by atoms with Crippen LogP contribution in [0.4, 0.5) is 20.2 Å². The number of benzene rings is 3. The predicted molar refractivity (Wildman–Crippen MR) is 114 cm³/mol. The van der Waals surface area contributed by atoms with E-state index in [1.807, 2.05) is 13.0 Å². The van der Waals surface area contributed by atoms with Gasteiger partial charge in [-0.2, -0.15) is 12.8 Å². The monoisotopic (exact) mass is 445 g/mol. The Morgan fingerprint density at radius 3 is 2.65 bits per heavy atom. The van der Waals surface area contributed by atoms with Gasteiger partial charge in [-0.15, -0.1) is 0 Å². The lowest BCUT2D eigenvalue weighted by atomic mass is 10.1. The van der Waals surface area contributed by atoms with Gasteiger partial charge < -0.3 is 10.4 Å². The van der Waals surface area contributed by atoms with Crippen LogP contribution in [0.1, 0.15) is 16.7 Å². The van der Waals surface area contributed by atoms with Crippen LogP contribution in [-0.2, 0) is 23.0 Å². The van der Waals surface area contributed by atoms with Gasteiger partial charge in [-0.1, -0.05) is 24.3 Å². The highest BCUT2D eigenvalue weighted by molar-refractivity contribution is 7.92. The van der Waals surface area contributed by atoms with Gasteiger partial charge >= 0.3 is 0 Å². The van der Waals surface area contributed by atoms with E-state index in [9.17, 15) is 22.3 Å². The highest BCUT2D eigenvalue weighted by Gasteiger charge is 2.31. The van der Waals surface area contributed by atoms with Crippen LogP contribution in [0.5, 0.6) is 0 Å². The summed E-state index contributed by atoms with van der Waals surface area (Å²) in [7, 11) is -3.82. The second-order valence-corrected chi connectivity index (χ2v) is 9.16. The number of nitrogens with zero attached hydrogens (tertiary/aromatic N) is 1. The molecule has 1 heterocycles. The molecule has 3 aromatic carbocycles. The molecule has 0 aromatic heterocycles. The highest BCUT2D eigenvalue weighted by atomic mass is 32.2. The Morgan fingerprint density at radius 2 is 1.90 bits per heavy atom. The lowest BCUT2D eigenvalue weighted by Crippen LogP contribution is -2.38. The van der Waals surface area contributed by atoms with Crippen molar-refractivity contribution in [3.8, 4) is 0 Å². The van der Waals surface area contributed by atoms with Crippen molar-refractivity contribution in [2.45, 2.75) is 31.0 Å². The third kappa shape index (κ3) is 4.39. The number of sulfonamides is 1. The van der Waals surface area contributed by atoms with E-state index in [1.54, 1.807) is 30.3 Å². The van der Waals surface area contributed by atoms with Crippen LogP contribution in [-0.4, -0.2) is 19.8 Å². The molecule has 0 saturated heterocycles. The van der Waals surface area contributed by atoms with Crippen LogP contribution in [0.15, 0.2) is 65.6 Å². The first kappa shape index (κ1) is 21.2. The normalized spacial score (nSPS) is 14.4. The van der Waals surface area contributed by atoms with E-state index in [0.717, 1.165) is 27.7 Å². The molecule has 6 nitrogen and oxygen atoms in total. The predicted octanol–water partition coefficient (Wildman–Crippen LogP) is 3.46. The molecule has 3 aromatic rings. The van der Waals surface area contributed by atoms with E-state index in [4.69, 9.17) is 0 Å².